The molecular formula is C21H27N3O4. The van der Waals surface area contributed by atoms with Crippen molar-refractivity contribution in [3.05, 3.63) is 35.4 Å². The summed E-state index contributed by atoms with van der Waals surface area (Å²) in [5.74, 6) is 0.120. The zero-order chi connectivity index (χ0) is 19.6. The number of carbonyl (C=O) groups is 1. The molecule has 1 aromatic carbocycles. The van der Waals surface area contributed by atoms with E-state index in [0.717, 1.165) is 42.8 Å². The van der Waals surface area contributed by atoms with Crippen LogP contribution < -0.4 is 10.2 Å². The summed E-state index contributed by atoms with van der Waals surface area (Å²) in [6.07, 6.45) is 10.6. The topological polar surface area (TPSA) is 94.4 Å². The summed E-state index contributed by atoms with van der Waals surface area (Å²) in [4.78, 5) is 13.8. The maximum Gasteiger partial charge on any atom is 0.267 e. The van der Waals surface area contributed by atoms with E-state index >= 15 is 0 Å². The molecule has 1 saturated carbocycles. The highest BCUT2D eigenvalue weighted by atomic mass is 16.5. The number of ether oxygens (including phenoxy) is 1. The number of oxime groups is 1. The predicted octanol–water partition coefficient (Wildman–Crippen LogP) is 2.94. The van der Waals surface area contributed by atoms with Gasteiger partial charge in [0.05, 0.1) is 5.71 Å². The molecule has 0 radical (unpaired) electrons. The smallest absolute Gasteiger partial charge is 0.267 e. The molecule has 4 rings (SSSR count). The first-order valence-electron chi connectivity index (χ1n) is 10.0. The van der Waals surface area contributed by atoms with Crippen LogP contribution >= 0.6 is 0 Å². The number of likely N-dealkylation sites (tertiary alicyclic amines) is 1. The average molecular weight is 385 g/mol. The van der Waals surface area contributed by atoms with E-state index in [0.29, 0.717) is 18.2 Å². The zero-order valence-corrected chi connectivity index (χ0v) is 15.9. The fourth-order valence-electron chi connectivity index (χ4n) is 4.88. The van der Waals surface area contributed by atoms with Gasteiger partial charge in [0.2, 0.25) is 0 Å². The Morgan fingerprint density at radius 2 is 2.14 bits per heavy atom. The van der Waals surface area contributed by atoms with Crippen molar-refractivity contribution in [2.24, 2.45) is 5.16 Å². The number of rotatable bonds is 3. The number of nitrogens with one attached hydrogen (secondary N) is 1. The van der Waals surface area contributed by atoms with Crippen LogP contribution in [0, 0.1) is 0 Å². The van der Waals surface area contributed by atoms with Gasteiger partial charge in [0.1, 0.15) is 11.4 Å². The molecule has 28 heavy (non-hydrogen) atoms. The summed E-state index contributed by atoms with van der Waals surface area (Å²) in [6.45, 7) is 1.99. The first kappa shape index (κ1) is 19.0. The highest BCUT2D eigenvalue weighted by molar-refractivity contribution is 6.04. The van der Waals surface area contributed by atoms with Crippen LogP contribution in [0.2, 0.25) is 0 Å². The van der Waals surface area contributed by atoms with Gasteiger partial charge in [-0.15, -0.1) is 0 Å². The largest absolute Gasteiger partial charge is 0.485 e. The van der Waals surface area contributed by atoms with Gasteiger partial charge < -0.3 is 9.94 Å². The van der Waals surface area contributed by atoms with Crippen molar-refractivity contribution in [2.45, 2.75) is 56.6 Å². The molecule has 0 aromatic heterocycles. The number of nitrogens with zero attached hydrogens (tertiary/aromatic N) is 2. The van der Waals surface area contributed by atoms with Crippen LogP contribution in [0.4, 0.5) is 0 Å². The van der Waals surface area contributed by atoms with Crippen LogP contribution in [0.15, 0.2) is 29.4 Å². The average Bonchev–Trinajstić information content (AvgIpc) is 3.26. The Balaban J connectivity index is 1.57. The first-order valence-corrected chi connectivity index (χ1v) is 10.0. The Labute approximate surface area is 164 Å². The molecule has 7 heteroatoms. The molecule has 1 aromatic rings. The van der Waals surface area contributed by atoms with Crippen molar-refractivity contribution in [1.82, 2.24) is 10.4 Å². The molecule has 7 nitrogen and oxygen atoms in total. The van der Waals surface area contributed by atoms with Crippen LogP contribution in [-0.4, -0.2) is 51.7 Å². The maximum atomic E-state index is 11.2. The minimum absolute atomic E-state index is 0.344. The molecule has 0 bridgehead atoms. The van der Waals surface area contributed by atoms with E-state index in [1.165, 1.54) is 31.8 Å². The van der Waals surface area contributed by atoms with Gasteiger partial charge in [0.15, 0.2) is 0 Å². The van der Waals surface area contributed by atoms with Crippen molar-refractivity contribution in [2.75, 3.05) is 13.1 Å². The fraction of sp³-hybridized carbons (Fsp3) is 0.524. The lowest BCUT2D eigenvalue weighted by Crippen LogP contribution is -2.56. The van der Waals surface area contributed by atoms with Crippen molar-refractivity contribution in [3.8, 4) is 5.75 Å². The molecule has 150 valence electrons. The minimum atomic E-state index is -0.599. The summed E-state index contributed by atoms with van der Waals surface area (Å²) in [5, 5.41) is 21.9. The number of hydroxylamine groups is 1. The Bertz CT molecular complexity index is 801. The molecule has 3 aliphatic rings. The van der Waals surface area contributed by atoms with E-state index in [-0.39, 0.29) is 5.60 Å². The second kappa shape index (κ2) is 7.93. The highest BCUT2D eigenvalue weighted by Crippen LogP contribution is 2.40. The van der Waals surface area contributed by atoms with Gasteiger partial charge in [-0.25, -0.2) is 5.48 Å². The summed E-state index contributed by atoms with van der Waals surface area (Å²) in [7, 11) is 0. The number of carbonyl (C=O) groups excluding carboxylic acids is 1. The lowest BCUT2D eigenvalue weighted by Gasteiger charge is -2.47. The molecule has 2 heterocycles. The second-order valence-corrected chi connectivity index (χ2v) is 8.09. The lowest BCUT2D eigenvalue weighted by atomic mass is 9.82. The van der Waals surface area contributed by atoms with E-state index in [9.17, 15) is 10.0 Å². The number of piperidine rings is 1. The third-order valence-corrected chi connectivity index (χ3v) is 6.20. The number of benzene rings is 1. The molecule has 1 saturated heterocycles. The van der Waals surface area contributed by atoms with Crippen LogP contribution in [0.5, 0.6) is 5.75 Å². The maximum absolute atomic E-state index is 11.2. The van der Waals surface area contributed by atoms with Gasteiger partial charge in [-0.05, 0) is 56.0 Å². The SMILES string of the molecule is O=C(/C=C/c1ccc2c(c1)/C(=N/O)CC1(CCCN(C3CCCC3)C1)O2)NO. The molecule has 1 spiro atoms. The molecular weight excluding hydrogens is 358 g/mol. The van der Waals surface area contributed by atoms with Crippen molar-refractivity contribution >= 4 is 17.7 Å². The summed E-state index contributed by atoms with van der Waals surface area (Å²) in [5.41, 5.74) is 3.35. The van der Waals surface area contributed by atoms with Crippen LogP contribution in [0.25, 0.3) is 6.08 Å². The van der Waals surface area contributed by atoms with Crippen LogP contribution in [0.1, 0.15) is 56.1 Å². The Morgan fingerprint density at radius 1 is 1.32 bits per heavy atom. The minimum Gasteiger partial charge on any atom is -0.485 e. The van der Waals surface area contributed by atoms with E-state index in [2.05, 4.69) is 10.1 Å². The van der Waals surface area contributed by atoms with E-state index in [1.807, 2.05) is 18.2 Å². The Hall–Kier alpha value is -2.38. The summed E-state index contributed by atoms with van der Waals surface area (Å²) in [6, 6.07) is 6.22. The van der Waals surface area contributed by atoms with Crippen LogP contribution in [0.3, 0.4) is 0 Å². The van der Waals surface area contributed by atoms with Crippen molar-refractivity contribution < 1.29 is 19.9 Å². The standard InChI is InChI=1S/C21H27N3O4/c25-20(23-27)9-7-15-6-8-19-17(12-15)18(22-26)13-21(28-19)10-3-11-24(14-21)16-4-1-2-5-16/h6-9,12,16,26-27H,1-5,10-11,13-14H2,(H,23,25)/b9-7+,22-18+. The van der Waals surface area contributed by atoms with Crippen molar-refractivity contribution in [1.29, 1.82) is 0 Å². The molecule has 1 atom stereocenters. The Kier molecular flexibility index (Phi) is 5.37. The van der Waals surface area contributed by atoms with Gasteiger partial charge >= 0.3 is 0 Å². The molecule has 1 unspecified atom stereocenters. The summed E-state index contributed by atoms with van der Waals surface area (Å²) >= 11 is 0. The third kappa shape index (κ3) is 3.77. The summed E-state index contributed by atoms with van der Waals surface area (Å²) < 4.78 is 6.51. The third-order valence-electron chi connectivity index (χ3n) is 6.20. The first-order chi connectivity index (χ1) is 13.6. The molecule has 1 aliphatic carbocycles. The fourth-order valence-corrected chi connectivity index (χ4v) is 4.88. The molecule has 1 amide bonds. The zero-order valence-electron chi connectivity index (χ0n) is 15.9. The van der Waals surface area contributed by atoms with Gasteiger partial charge in [0, 0.05) is 30.6 Å². The number of fused-ring (bicyclic) bond motifs is 1. The normalized spacial score (nSPS) is 27.2. The lowest BCUT2D eigenvalue weighted by molar-refractivity contribution is -0.124. The number of hydrogen-bond donors (Lipinski definition) is 3. The monoisotopic (exact) mass is 385 g/mol. The van der Waals surface area contributed by atoms with Gasteiger partial charge in [-0.1, -0.05) is 24.1 Å². The van der Waals surface area contributed by atoms with Gasteiger partial charge in [-0.2, -0.15) is 0 Å². The molecule has 2 fully saturated rings. The van der Waals surface area contributed by atoms with E-state index in [4.69, 9.17) is 9.94 Å². The Morgan fingerprint density at radius 3 is 2.89 bits per heavy atom. The quantitative estimate of drug-likeness (QED) is 0.322. The van der Waals surface area contributed by atoms with Crippen molar-refractivity contribution in [3.63, 3.8) is 0 Å². The number of amides is 1. The van der Waals surface area contributed by atoms with Gasteiger partial charge in [-0.3, -0.25) is 14.9 Å². The second-order valence-electron chi connectivity index (χ2n) is 8.09. The molecule has 3 N–H and O–H groups in total. The highest BCUT2D eigenvalue weighted by Gasteiger charge is 2.44. The van der Waals surface area contributed by atoms with Gasteiger partial charge in [0.25, 0.3) is 5.91 Å². The molecule has 2 aliphatic heterocycles. The van der Waals surface area contributed by atoms with Crippen LogP contribution in [-0.2, 0) is 4.79 Å². The number of hydrogen-bond acceptors (Lipinski definition) is 6. The predicted molar refractivity (Wildman–Crippen MR) is 105 cm³/mol. The van der Waals surface area contributed by atoms with E-state index < -0.39 is 5.91 Å². The van der Waals surface area contributed by atoms with E-state index in [1.54, 1.807) is 11.6 Å².